The van der Waals surface area contributed by atoms with Crippen LogP contribution in [0.4, 0.5) is 10.5 Å². The number of rotatable bonds is 3. The Morgan fingerprint density at radius 2 is 1.68 bits per heavy atom. The molecule has 0 saturated carbocycles. The fourth-order valence-corrected chi connectivity index (χ4v) is 3.54. The number of hydrogen-bond donors (Lipinski definition) is 1. The Bertz CT molecular complexity index is 746. The van der Waals surface area contributed by atoms with Crippen molar-refractivity contribution in [1.29, 1.82) is 0 Å². The van der Waals surface area contributed by atoms with Gasteiger partial charge in [-0.3, -0.25) is 4.90 Å². The molecule has 0 radical (unpaired) electrons. The molecule has 1 aliphatic heterocycles. The predicted octanol–water partition coefficient (Wildman–Crippen LogP) is 5.21. The molecule has 1 saturated heterocycles. The van der Waals surface area contributed by atoms with Crippen LogP contribution in [0.2, 0.25) is 5.02 Å². The van der Waals surface area contributed by atoms with Gasteiger partial charge in [0.1, 0.15) is 0 Å². The standard InChI is InChI=1S/C18H18Br2ClN3O/c19-16-6-1-13(11-17(16)20)12-23-7-9-24(10-8-23)18(25)22-15-4-2-14(21)3-5-15/h1-6,11H,7-10,12H2,(H,22,25). The normalized spacial score (nSPS) is 15.2. The Morgan fingerprint density at radius 3 is 2.32 bits per heavy atom. The number of nitrogens with zero attached hydrogens (tertiary/aromatic N) is 2. The van der Waals surface area contributed by atoms with Gasteiger partial charge in [-0.15, -0.1) is 0 Å². The van der Waals surface area contributed by atoms with E-state index in [0.717, 1.165) is 47.4 Å². The zero-order chi connectivity index (χ0) is 17.8. The van der Waals surface area contributed by atoms with Gasteiger partial charge in [-0.05, 0) is 73.8 Å². The largest absolute Gasteiger partial charge is 0.322 e. The van der Waals surface area contributed by atoms with Gasteiger partial charge in [0.05, 0.1) is 0 Å². The smallest absolute Gasteiger partial charge is 0.321 e. The number of halogens is 3. The Hall–Kier alpha value is -1.08. The second-order valence-corrected chi connectivity index (χ2v) is 8.09. The van der Waals surface area contributed by atoms with Crippen molar-refractivity contribution < 1.29 is 4.79 Å². The topological polar surface area (TPSA) is 35.6 Å². The minimum atomic E-state index is -0.0617. The van der Waals surface area contributed by atoms with Gasteiger partial charge >= 0.3 is 6.03 Å². The SMILES string of the molecule is O=C(Nc1ccc(Cl)cc1)N1CCN(Cc2ccc(Br)c(Br)c2)CC1. The molecule has 2 aromatic carbocycles. The van der Waals surface area contributed by atoms with Crippen molar-refractivity contribution in [3.63, 3.8) is 0 Å². The van der Waals surface area contributed by atoms with Crippen LogP contribution in [0, 0.1) is 0 Å². The first kappa shape index (κ1) is 18.7. The van der Waals surface area contributed by atoms with Crippen molar-refractivity contribution in [1.82, 2.24) is 9.80 Å². The van der Waals surface area contributed by atoms with E-state index in [9.17, 15) is 4.79 Å². The van der Waals surface area contributed by atoms with Gasteiger partial charge in [0.25, 0.3) is 0 Å². The predicted molar refractivity (Wildman–Crippen MR) is 109 cm³/mol. The maximum atomic E-state index is 12.4. The summed E-state index contributed by atoms with van der Waals surface area (Å²) in [5.74, 6) is 0. The van der Waals surface area contributed by atoms with Crippen LogP contribution in [0.5, 0.6) is 0 Å². The fourth-order valence-electron chi connectivity index (χ4n) is 2.74. The highest BCUT2D eigenvalue weighted by Gasteiger charge is 2.21. The van der Waals surface area contributed by atoms with Gasteiger partial charge in [0, 0.05) is 52.4 Å². The number of nitrogens with one attached hydrogen (secondary N) is 1. The monoisotopic (exact) mass is 485 g/mol. The minimum absolute atomic E-state index is 0.0617. The van der Waals surface area contributed by atoms with Crippen LogP contribution in [0.15, 0.2) is 51.4 Å². The molecule has 25 heavy (non-hydrogen) atoms. The minimum Gasteiger partial charge on any atom is -0.322 e. The molecular weight excluding hydrogens is 469 g/mol. The van der Waals surface area contributed by atoms with Crippen LogP contribution >= 0.6 is 43.5 Å². The molecule has 0 bridgehead atoms. The van der Waals surface area contributed by atoms with E-state index >= 15 is 0 Å². The van der Waals surface area contributed by atoms with Crippen molar-refractivity contribution in [3.8, 4) is 0 Å². The maximum Gasteiger partial charge on any atom is 0.321 e. The zero-order valence-electron chi connectivity index (χ0n) is 13.5. The number of carbonyl (C=O) groups excluding carboxylic acids is 1. The van der Waals surface area contributed by atoms with E-state index in [4.69, 9.17) is 11.6 Å². The summed E-state index contributed by atoms with van der Waals surface area (Å²) in [5, 5.41) is 3.57. The number of benzene rings is 2. The molecule has 1 N–H and O–H groups in total. The molecule has 0 spiro atoms. The quantitative estimate of drug-likeness (QED) is 0.645. The first-order valence-electron chi connectivity index (χ1n) is 7.99. The van der Waals surface area contributed by atoms with Crippen LogP contribution in [0.1, 0.15) is 5.56 Å². The summed E-state index contributed by atoms with van der Waals surface area (Å²) in [7, 11) is 0. The third-order valence-corrected chi connectivity index (χ3v) is 6.28. The van der Waals surface area contributed by atoms with Crippen LogP contribution < -0.4 is 5.32 Å². The molecule has 7 heteroatoms. The van der Waals surface area contributed by atoms with Gasteiger partial charge in [0.2, 0.25) is 0 Å². The highest BCUT2D eigenvalue weighted by atomic mass is 79.9. The molecule has 1 heterocycles. The summed E-state index contributed by atoms with van der Waals surface area (Å²) in [5.41, 5.74) is 2.02. The molecule has 1 fully saturated rings. The lowest BCUT2D eigenvalue weighted by molar-refractivity contribution is 0.143. The molecule has 2 amide bonds. The zero-order valence-corrected chi connectivity index (χ0v) is 17.4. The molecule has 1 aliphatic rings. The second kappa shape index (κ2) is 8.54. The number of urea groups is 1. The Balaban J connectivity index is 1.50. The second-order valence-electron chi connectivity index (χ2n) is 5.95. The van der Waals surface area contributed by atoms with Gasteiger partial charge in [0.15, 0.2) is 0 Å². The van der Waals surface area contributed by atoms with Crippen molar-refractivity contribution in [2.75, 3.05) is 31.5 Å². The Kier molecular flexibility index (Phi) is 6.39. The molecule has 3 rings (SSSR count). The third-order valence-electron chi connectivity index (χ3n) is 4.15. The molecule has 132 valence electrons. The molecule has 0 atom stereocenters. The summed E-state index contributed by atoms with van der Waals surface area (Å²) in [6.07, 6.45) is 0. The molecule has 0 aliphatic carbocycles. The Morgan fingerprint density at radius 1 is 1.00 bits per heavy atom. The lowest BCUT2D eigenvalue weighted by Gasteiger charge is -2.34. The number of hydrogen-bond acceptors (Lipinski definition) is 2. The van der Waals surface area contributed by atoms with E-state index in [1.165, 1.54) is 5.56 Å². The van der Waals surface area contributed by atoms with Gasteiger partial charge in [-0.25, -0.2) is 4.79 Å². The third kappa shape index (κ3) is 5.20. The molecule has 4 nitrogen and oxygen atoms in total. The molecule has 0 aromatic heterocycles. The van der Waals surface area contributed by atoms with Crippen LogP contribution in [-0.4, -0.2) is 42.0 Å². The fraction of sp³-hybridized carbons (Fsp3) is 0.278. The van der Waals surface area contributed by atoms with Crippen molar-refractivity contribution in [2.24, 2.45) is 0 Å². The number of amides is 2. The number of carbonyl (C=O) groups is 1. The average molecular weight is 488 g/mol. The highest BCUT2D eigenvalue weighted by molar-refractivity contribution is 9.13. The first-order chi connectivity index (χ1) is 12.0. The van der Waals surface area contributed by atoms with E-state index < -0.39 is 0 Å². The highest BCUT2D eigenvalue weighted by Crippen LogP contribution is 2.24. The summed E-state index contributed by atoms with van der Waals surface area (Å²) in [4.78, 5) is 16.6. The summed E-state index contributed by atoms with van der Waals surface area (Å²) >= 11 is 12.9. The van der Waals surface area contributed by atoms with E-state index in [1.54, 1.807) is 12.1 Å². The van der Waals surface area contributed by atoms with E-state index in [0.29, 0.717) is 5.02 Å². The number of anilines is 1. The lowest BCUT2D eigenvalue weighted by atomic mass is 10.2. The van der Waals surface area contributed by atoms with Gasteiger partial charge in [-0.1, -0.05) is 17.7 Å². The van der Waals surface area contributed by atoms with E-state index in [1.807, 2.05) is 17.0 Å². The van der Waals surface area contributed by atoms with E-state index in [-0.39, 0.29) is 6.03 Å². The van der Waals surface area contributed by atoms with Crippen molar-refractivity contribution in [2.45, 2.75) is 6.54 Å². The summed E-state index contributed by atoms with van der Waals surface area (Å²) < 4.78 is 2.12. The molecular formula is C18H18Br2ClN3O. The molecule has 2 aromatic rings. The van der Waals surface area contributed by atoms with Crippen LogP contribution in [0.25, 0.3) is 0 Å². The van der Waals surface area contributed by atoms with Crippen molar-refractivity contribution in [3.05, 3.63) is 62.0 Å². The maximum absolute atomic E-state index is 12.4. The van der Waals surface area contributed by atoms with Crippen LogP contribution in [-0.2, 0) is 6.54 Å². The first-order valence-corrected chi connectivity index (χ1v) is 9.95. The van der Waals surface area contributed by atoms with Crippen molar-refractivity contribution >= 4 is 55.2 Å². The summed E-state index contributed by atoms with van der Waals surface area (Å²) in [6, 6.07) is 13.4. The van der Waals surface area contributed by atoms with Gasteiger partial charge < -0.3 is 10.2 Å². The Labute approximate surface area is 169 Å². The van der Waals surface area contributed by atoms with Crippen LogP contribution in [0.3, 0.4) is 0 Å². The van der Waals surface area contributed by atoms with Gasteiger partial charge in [-0.2, -0.15) is 0 Å². The average Bonchev–Trinajstić information content (AvgIpc) is 2.61. The number of piperazine rings is 1. The molecule has 0 unspecified atom stereocenters. The van der Waals surface area contributed by atoms with E-state index in [2.05, 4.69) is 60.3 Å². The summed E-state index contributed by atoms with van der Waals surface area (Å²) in [6.45, 7) is 4.05. The lowest BCUT2D eigenvalue weighted by Crippen LogP contribution is -2.49.